The minimum absolute atomic E-state index is 0.272. The van der Waals surface area contributed by atoms with Gasteiger partial charge in [0.2, 0.25) is 15.0 Å². The lowest BCUT2D eigenvalue weighted by Gasteiger charge is -2.28. The first-order valence-corrected chi connectivity index (χ1v) is 9.96. The zero-order valence-corrected chi connectivity index (χ0v) is 15.7. The van der Waals surface area contributed by atoms with Crippen molar-refractivity contribution in [3.63, 3.8) is 0 Å². The molecule has 0 atom stereocenters. The lowest BCUT2D eigenvalue weighted by molar-refractivity contribution is 0.237. The first-order valence-electron chi connectivity index (χ1n) is 8.07. The van der Waals surface area contributed by atoms with Crippen molar-refractivity contribution in [2.24, 2.45) is 0 Å². The zero-order valence-electron chi connectivity index (χ0n) is 14.9. The Bertz CT molecular complexity index is 984. The highest BCUT2D eigenvalue weighted by molar-refractivity contribution is 7.90. The van der Waals surface area contributed by atoms with Crippen molar-refractivity contribution in [2.45, 2.75) is 24.7 Å². The number of rotatable bonds is 5. The Morgan fingerprint density at radius 1 is 1.27 bits per heavy atom. The van der Waals surface area contributed by atoms with Crippen LogP contribution < -0.4 is 15.0 Å². The van der Waals surface area contributed by atoms with E-state index in [0.717, 1.165) is 17.6 Å². The van der Waals surface area contributed by atoms with Crippen molar-refractivity contribution in [3.05, 3.63) is 45.4 Å². The van der Waals surface area contributed by atoms with Gasteiger partial charge in [0.15, 0.2) is 0 Å². The van der Waals surface area contributed by atoms with Crippen molar-refractivity contribution < 1.29 is 17.9 Å². The van der Waals surface area contributed by atoms with Gasteiger partial charge in [0.05, 0.1) is 25.5 Å². The molecule has 0 aliphatic carbocycles. The second kappa shape index (κ2) is 7.08. The van der Waals surface area contributed by atoms with Crippen LogP contribution in [0.3, 0.4) is 0 Å². The minimum Gasteiger partial charge on any atom is -0.497 e. The molecule has 0 saturated carbocycles. The number of aromatic amines is 1. The number of nitrogens with zero attached hydrogens (tertiary/aromatic N) is 2. The number of nitrogens with one attached hydrogen (secondary N) is 1. The number of aromatic nitrogens is 2. The highest BCUT2D eigenvalue weighted by atomic mass is 32.2. The first kappa shape index (κ1) is 18.4. The van der Waals surface area contributed by atoms with Crippen molar-refractivity contribution in [3.8, 4) is 11.5 Å². The smallest absolute Gasteiger partial charge is 0.256 e. The van der Waals surface area contributed by atoms with E-state index in [2.05, 4.69) is 14.9 Å². The van der Waals surface area contributed by atoms with E-state index in [1.807, 2.05) is 18.2 Å². The average Bonchev–Trinajstić information content (AvgIpc) is 2.61. The van der Waals surface area contributed by atoms with Crippen molar-refractivity contribution >= 4 is 9.84 Å². The molecule has 1 aliphatic rings. The van der Waals surface area contributed by atoms with Gasteiger partial charge in [0, 0.05) is 43.9 Å². The number of hydrogen-bond donors (Lipinski definition) is 1. The molecule has 2 heterocycles. The molecule has 3 rings (SSSR count). The maximum absolute atomic E-state index is 12.3. The zero-order chi connectivity index (χ0) is 18.9. The van der Waals surface area contributed by atoms with E-state index >= 15 is 0 Å². The Morgan fingerprint density at radius 3 is 2.69 bits per heavy atom. The number of methoxy groups -OCH3 is 2. The highest BCUT2D eigenvalue weighted by Crippen LogP contribution is 2.27. The van der Waals surface area contributed by atoms with Crippen LogP contribution in [0.15, 0.2) is 28.2 Å². The van der Waals surface area contributed by atoms with Crippen LogP contribution in [-0.4, -0.2) is 50.3 Å². The van der Waals surface area contributed by atoms with Crippen LogP contribution in [0.5, 0.6) is 11.5 Å². The Morgan fingerprint density at radius 2 is 2.04 bits per heavy atom. The van der Waals surface area contributed by atoms with Gasteiger partial charge in [0.1, 0.15) is 11.5 Å². The number of H-pyrrole nitrogens is 1. The lowest BCUT2D eigenvalue weighted by Crippen LogP contribution is -2.36. The van der Waals surface area contributed by atoms with Crippen LogP contribution in [0.25, 0.3) is 0 Å². The summed E-state index contributed by atoms with van der Waals surface area (Å²) in [6, 6.07) is 5.62. The fourth-order valence-corrected chi connectivity index (χ4v) is 3.55. The fourth-order valence-electron chi connectivity index (χ4n) is 2.99. The molecule has 0 bridgehead atoms. The van der Waals surface area contributed by atoms with Crippen molar-refractivity contribution in [1.29, 1.82) is 0 Å². The predicted octanol–water partition coefficient (Wildman–Crippen LogP) is 0.749. The molecule has 8 nitrogen and oxygen atoms in total. The molecule has 0 radical (unpaired) electrons. The first-order chi connectivity index (χ1) is 12.3. The molecule has 0 amide bonds. The van der Waals surface area contributed by atoms with E-state index in [-0.39, 0.29) is 5.16 Å². The van der Waals surface area contributed by atoms with E-state index in [9.17, 15) is 13.2 Å². The van der Waals surface area contributed by atoms with Crippen LogP contribution >= 0.6 is 0 Å². The summed E-state index contributed by atoms with van der Waals surface area (Å²) in [5.41, 5.74) is 1.64. The third kappa shape index (κ3) is 3.73. The third-order valence-corrected chi connectivity index (χ3v) is 5.26. The maximum Gasteiger partial charge on any atom is 0.256 e. The maximum atomic E-state index is 12.3. The van der Waals surface area contributed by atoms with Crippen LogP contribution in [0.4, 0.5) is 0 Å². The number of ether oxygens (including phenoxy) is 2. The molecule has 2 aromatic rings. The molecule has 0 unspecified atom stereocenters. The van der Waals surface area contributed by atoms with E-state index in [4.69, 9.17) is 9.47 Å². The van der Waals surface area contributed by atoms with Gasteiger partial charge in [0.25, 0.3) is 5.56 Å². The van der Waals surface area contributed by atoms with Gasteiger partial charge in [-0.1, -0.05) is 6.07 Å². The van der Waals surface area contributed by atoms with Gasteiger partial charge in [-0.3, -0.25) is 14.7 Å². The molecule has 1 aliphatic heterocycles. The summed E-state index contributed by atoms with van der Waals surface area (Å²) in [7, 11) is -0.346. The number of hydrogen-bond acceptors (Lipinski definition) is 7. The molecule has 1 aromatic heterocycles. The largest absolute Gasteiger partial charge is 0.497 e. The minimum atomic E-state index is -3.55. The highest BCUT2D eigenvalue weighted by Gasteiger charge is 2.24. The summed E-state index contributed by atoms with van der Waals surface area (Å²) in [5.74, 6) is 1.43. The van der Waals surface area contributed by atoms with E-state index < -0.39 is 15.4 Å². The quantitative estimate of drug-likeness (QED) is 0.765. The Kier molecular flexibility index (Phi) is 5.01. The molecular weight excluding hydrogens is 358 g/mol. The van der Waals surface area contributed by atoms with Gasteiger partial charge in [-0.2, -0.15) is 0 Å². The monoisotopic (exact) mass is 379 g/mol. The van der Waals surface area contributed by atoms with Crippen LogP contribution in [0.1, 0.15) is 16.8 Å². The summed E-state index contributed by atoms with van der Waals surface area (Å²) in [5, 5.41) is -0.272. The molecule has 1 N–H and O–H groups in total. The lowest BCUT2D eigenvalue weighted by atomic mass is 10.1. The molecule has 140 valence electrons. The Balaban J connectivity index is 1.84. The second-order valence-electron chi connectivity index (χ2n) is 6.21. The van der Waals surface area contributed by atoms with Crippen LogP contribution in [0.2, 0.25) is 0 Å². The summed E-state index contributed by atoms with van der Waals surface area (Å²) in [6.07, 6.45) is 1.54. The van der Waals surface area contributed by atoms with Gasteiger partial charge >= 0.3 is 0 Å². The van der Waals surface area contributed by atoms with Crippen LogP contribution in [-0.2, 0) is 29.3 Å². The van der Waals surface area contributed by atoms with Gasteiger partial charge in [-0.15, -0.1) is 0 Å². The normalized spacial score (nSPS) is 14.7. The fraction of sp³-hybridized carbons (Fsp3) is 0.412. The predicted molar refractivity (Wildman–Crippen MR) is 95.3 cm³/mol. The summed E-state index contributed by atoms with van der Waals surface area (Å²) < 4.78 is 33.9. The second-order valence-corrected chi connectivity index (χ2v) is 8.14. The van der Waals surface area contributed by atoms with Crippen LogP contribution in [0, 0.1) is 0 Å². The molecule has 0 fully saturated rings. The summed E-state index contributed by atoms with van der Waals surface area (Å²) >= 11 is 0. The third-order valence-electron chi connectivity index (χ3n) is 4.37. The molecule has 0 saturated heterocycles. The Hall–Kier alpha value is -2.39. The van der Waals surface area contributed by atoms with Crippen molar-refractivity contribution in [2.75, 3.05) is 27.0 Å². The Labute approximate surface area is 151 Å². The number of benzene rings is 1. The van der Waals surface area contributed by atoms with E-state index in [0.29, 0.717) is 43.1 Å². The molecular formula is C17H21N3O5S. The van der Waals surface area contributed by atoms with Gasteiger partial charge in [-0.05, 0) is 6.07 Å². The standard InChI is InChI=1S/C17H21N3O5S/c1-24-12-5-4-11(15(8-12)25-2)9-20-7-6-14-13(10-20)16(21)19-17(18-14)26(3,22)23/h4-5,8H,6-7,9-10H2,1-3H3,(H,18,19,21). The number of fused-ring (bicyclic) bond motifs is 1. The topological polar surface area (TPSA) is 102 Å². The van der Waals surface area contributed by atoms with Gasteiger partial charge < -0.3 is 9.47 Å². The SMILES string of the molecule is COc1ccc(CN2CCc3nc(S(C)(=O)=O)[nH]c(=O)c3C2)c(OC)c1. The number of sulfone groups is 1. The van der Waals surface area contributed by atoms with E-state index in [1.54, 1.807) is 14.2 Å². The summed E-state index contributed by atoms with van der Waals surface area (Å²) in [4.78, 5) is 20.9. The van der Waals surface area contributed by atoms with Crippen molar-refractivity contribution in [1.82, 2.24) is 14.9 Å². The van der Waals surface area contributed by atoms with Gasteiger partial charge in [-0.25, -0.2) is 13.4 Å². The molecule has 26 heavy (non-hydrogen) atoms. The molecule has 9 heteroatoms. The molecule has 1 aromatic carbocycles. The van der Waals surface area contributed by atoms with E-state index in [1.165, 1.54) is 0 Å². The molecule has 0 spiro atoms. The summed E-state index contributed by atoms with van der Waals surface area (Å²) in [6.45, 7) is 1.67. The average molecular weight is 379 g/mol.